The molecule has 120 valence electrons. The number of amides is 1. The van der Waals surface area contributed by atoms with E-state index in [1.165, 1.54) is 23.3 Å². The van der Waals surface area contributed by atoms with Gasteiger partial charge in [0, 0.05) is 4.88 Å². The highest BCUT2D eigenvalue weighted by molar-refractivity contribution is 7.16. The lowest BCUT2D eigenvalue weighted by molar-refractivity contribution is -0.117. The van der Waals surface area contributed by atoms with Crippen LogP contribution in [0.5, 0.6) is 0 Å². The maximum Gasteiger partial charge on any atom is 0.239 e. The molecule has 0 saturated carbocycles. The molecule has 1 aromatic rings. The van der Waals surface area contributed by atoms with E-state index in [0.717, 1.165) is 43.6 Å². The summed E-state index contributed by atoms with van der Waals surface area (Å²) in [6.07, 6.45) is 7.80. The van der Waals surface area contributed by atoms with E-state index in [4.69, 9.17) is 0 Å². The van der Waals surface area contributed by atoms with Crippen LogP contribution in [0.4, 0.5) is 5.00 Å². The van der Waals surface area contributed by atoms with Crippen molar-refractivity contribution in [2.75, 3.05) is 25.5 Å². The molecule has 1 heterocycles. The van der Waals surface area contributed by atoms with Gasteiger partial charge in [-0.05, 0) is 51.3 Å². The minimum atomic E-state index is -0.0217. The van der Waals surface area contributed by atoms with Crippen LogP contribution in [0, 0.1) is 11.3 Å². The zero-order chi connectivity index (χ0) is 15.9. The third-order valence-corrected chi connectivity index (χ3v) is 5.30. The number of nitriles is 1. The number of carbonyl (C=O) groups is 1. The maximum absolute atomic E-state index is 12.2. The number of unbranched alkanes of at least 4 members (excludes halogenated alkanes) is 1. The second-order valence-corrected chi connectivity index (χ2v) is 7.13. The van der Waals surface area contributed by atoms with Crippen LogP contribution >= 0.6 is 11.3 Å². The highest BCUT2D eigenvalue weighted by Gasteiger charge is 2.21. The van der Waals surface area contributed by atoms with Gasteiger partial charge >= 0.3 is 0 Å². The van der Waals surface area contributed by atoms with E-state index in [9.17, 15) is 10.1 Å². The van der Waals surface area contributed by atoms with E-state index in [1.54, 1.807) is 11.3 Å². The normalized spacial score (nSPS) is 14.3. The van der Waals surface area contributed by atoms with E-state index in [-0.39, 0.29) is 5.91 Å². The fourth-order valence-electron chi connectivity index (χ4n) is 2.87. The van der Waals surface area contributed by atoms with Gasteiger partial charge in [0.15, 0.2) is 0 Å². The average Bonchev–Trinajstić information content (AvgIpc) is 2.66. The standard InChI is InChI=1S/C17H25N3OS/c1-3-4-10-20(2)12-16(21)19-17-14(11-18)13-8-6-5-7-9-15(13)22-17/h3-10,12H2,1-2H3,(H,19,21). The van der Waals surface area contributed by atoms with Gasteiger partial charge in [-0.1, -0.05) is 19.8 Å². The quantitative estimate of drug-likeness (QED) is 0.816. The molecule has 4 nitrogen and oxygen atoms in total. The molecule has 0 aromatic carbocycles. The lowest BCUT2D eigenvalue weighted by Gasteiger charge is -2.15. The van der Waals surface area contributed by atoms with Crippen molar-refractivity contribution in [3.05, 3.63) is 16.0 Å². The number of rotatable bonds is 6. The van der Waals surface area contributed by atoms with Gasteiger partial charge < -0.3 is 5.32 Å². The molecule has 0 aliphatic heterocycles. The first kappa shape index (κ1) is 17.0. The molecule has 1 aromatic heterocycles. The van der Waals surface area contributed by atoms with Crippen LogP contribution in [-0.4, -0.2) is 30.9 Å². The molecule has 0 bridgehead atoms. The van der Waals surface area contributed by atoms with E-state index < -0.39 is 0 Å². The van der Waals surface area contributed by atoms with E-state index in [2.05, 4.69) is 18.3 Å². The third-order valence-electron chi connectivity index (χ3n) is 4.09. The molecule has 1 aliphatic carbocycles. The number of fused-ring (bicyclic) bond motifs is 1. The monoisotopic (exact) mass is 319 g/mol. The van der Waals surface area contributed by atoms with E-state index >= 15 is 0 Å². The number of nitrogens with zero attached hydrogens (tertiary/aromatic N) is 2. The van der Waals surface area contributed by atoms with Crippen molar-refractivity contribution in [3.63, 3.8) is 0 Å². The van der Waals surface area contributed by atoms with Crippen LogP contribution in [0.1, 0.15) is 55.0 Å². The number of likely N-dealkylation sites (N-methyl/N-ethyl adjacent to an activating group) is 1. The number of carbonyl (C=O) groups excluding carboxylic acids is 1. The molecule has 0 saturated heterocycles. The number of anilines is 1. The number of aryl methyl sites for hydroxylation is 1. The fraction of sp³-hybridized carbons (Fsp3) is 0.647. The molecule has 0 radical (unpaired) electrons. The Balaban J connectivity index is 2.03. The summed E-state index contributed by atoms with van der Waals surface area (Å²) in [4.78, 5) is 15.5. The van der Waals surface area contributed by atoms with Gasteiger partial charge in [0.2, 0.25) is 5.91 Å². The summed E-state index contributed by atoms with van der Waals surface area (Å²) in [5.41, 5.74) is 1.88. The molecular formula is C17H25N3OS. The zero-order valence-electron chi connectivity index (χ0n) is 13.6. The van der Waals surface area contributed by atoms with Gasteiger partial charge in [0.05, 0.1) is 12.1 Å². The van der Waals surface area contributed by atoms with Crippen molar-refractivity contribution in [2.24, 2.45) is 0 Å². The SMILES string of the molecule is CCCCN(C)CC(=O)Nc1sc2c(c1C#N)CCCCC2. The second kappa shape index (κ2) is 8.30. The van der Waals surface area contributed by atoms with Gasteiger partial charge in [-0.3, -0.25) is 9.69 Å². The lowest BCUT2D eigenvalue weighted by atomic mass is 10.1. The van der Waals surface area contributed by atoms with Crippen LogP contribution < -0.4 is 5.32 Å². The Labute approximate surface area is 137 Å². The molecule has 1 N–H and O–H groups in total. The van der Waals surface area contributed by atoms with Crippen molar-refractivity contribution in [2.45, 2.75) is 51.9 Å². The van der Waals surface area contributed by atoms with Crippen molar-refractivity contribution < 1.29 is 4.79 Å². The Bertz CT molecular complexity index is 559. The smallest absolute Gasteiger partial charge is 0.239 e. The van der Waals surface area contributed by atoms with Crippen molar-refractivity contribution >= 4 is 22.2 Å². The van der Waals surface area contributed by atoms with Gasteiger partial charge in [-0.2, -0.15) is 5.26 Å². The summed E-state index contributed by atoms with van der Waals surface area (Å²) in [7, 11) is 1.96. The Morgan fingerprint density at radius 2 is 2.14 bits per heavy atom. The van der Waals surface area contributed by atoms with Gasteiger partial charge in [0.25, 0.3) is 0 Å². The molecule has 0 fully saturated rings. The number of hydrogen-bond donors (Lipinski definition) is 1. The van der Waals surface area contributed by atoms with E-state index in [0.29, 0.717) is 12.1 Å². The topological polar surface area (TPSA) is 56.1 Å². The largest absolute Gasteiger partial charge is 0.315 e. The molecule has 0 spiro atoms. The third kappa shape index (κ3) is 4.31. The summed E-state index contributed by atoms with van der Waals surface area (Å²) < 4.78 is 0. The summed E-state index contributed by atoms with van der Waals surface area (Å²) in [6.45, 7) is 3.45. The van der Waals surface area contributed by atoms with E-state index in [1.807, 2.05) is 11.9 Å². The lowest BCUT2D eigenvalue weighted by Crippen LogP contribution is -2.30. The first-order valence-electron chi connectivity index (χ1n) is 8.18. The number of hydrogen-bond acceptors (Lipinski definition) is 4. The minimum absolute atomic E-state index is 0.0217. The van der Waals surface area contributed by atoms with Crippen molar-refractivity contribution in [1.29, 1.82) is 5.26 Å². The molecule has 2 rings (SSSR count). The summed E-state index contributed by atoms with van der Waals surface area (Å²) in [5.74, 6) is -0.0217. The molecular weight excluding hydrogens is 294 g/mol. The highest BCUT2D eigenvalue weighted by Crippen LogP contribution is 2.36. The Hall–Kier alpha value is -1.38. The predicted octanol–water partition coefficient (Wildman–Crippen LogP) is 3.56. The number of thiophene rings is 1. The summed E-state index contributed by atoms with van der Waals surface area (Å²) in [6, 6.07) is 2.31. The Kier molecular flexibility index (Phi) is 6.41. The molecule has 1 aliphatic rings. The van der Waals surface area contributed by atoms with Crippen LogP contribution in [0.2, 0.25) is 0 Å². The minimum Gasteiger partial charge on any atom is -0.315 e. The molecule has 22 heavy (non-hydrogen) atoms. The van der Waals surface area contributed by atoms with Gasteiger partial charge in [-0.25, -0.2) is 0 Å². The Morgan fingerprint density at radius 1 is 1.36 bits per heavy atom. The fourth-order valence-corrected chi connectivity index (χ4v) is 4.12. The summed E-state index contributed by atoms with van der Waals surface area (Å²) in [5, 5.41) is 13.2. The highest BCUT2D eigenvalue weighted by atomic mass is 32.1. The zero-order valence-corrected chi connectivity index (χ0v) is 14.4. The molecule has 0 atom stereocenters. The summed E-state index contributed by atoms with van der Waals surface area (Å²) >= 11 is 1.60. The van der Waals surface area contributed by atoms with Crippen molar-refractivity contribution in [1.82, 2.24) is 4.90 Å². The number of nitrogens with one attached hydrogen (secondary N) is 1. The molecule has 0 unspecified atom stereocenters. The second-order valence-electron chi connectivity index (χ2n) is 6.02. The predicted molar refractivity (Wildman–Crippen MR) is 91.3 cm³/mol. The molecule has 1 amide bonds. The first-order chi connectivity index (χ1) is 10.7. The molecule has 5 heteroatoms. The van der Waals surface area contributed by atoms with Crippen molar-refractivity contribution in [3.8, 4) is 6.07 Å². The Morgan fingerprint density at radius 3 is 2.86 bits per heavy atom. The van der Waals surface area contributed by atoms with Crippen LogP contribution in [-0.2, 0) is 17.6 Å². The van der Waals surface area contributed by atoms with Gasteiger partial charge in [-0.15, -0.1) is 11.3 Å². The van der Waals surface area contributed by atoms with Crippen LogP contribution in [0.25, 0.3) is 0 Å². The first-order valence-corrected chi connectivity index (χ1v) is 9.00. The average molecular weight is 319 g/mol. The van der Waals surface area contributed by atoms with Crippen LogP contribution in [0.15, 0.2) is 0 Å². The maximum atomic E-state index is 12.2. The van der Waals surface area contributed by atoms with Gasteiger partial charge in [0.1, 0.15) is 11.1 Å². The van der Waals surface area contributed by atoms with Crippen LogP contribution in [0.3, 0.4) is 0 Å².